The van der Waals surface area contributed by atoms with E-state index >= 15 is 0 Å². The highest BCUT2D eigenvalue weighted by atomic mass is 35.5. The molecule has 0 saturated heterocycles. The van der Waals surface area contributed by atoms with E-state index in [0.29, 0.717) is 0 Å². The van der Waals surface area contributed by atoms with E-state index in [9.17, 15) is 0 Å². The normalized spacial score (nSPS) is 9.00. The van der Waals surface area contributed by atoms with Gasteiger partial charge in [-0.1, -0.05) is 11.6 Å². The lowest BCUT2D eigenvalue weighted by atomic mass is 11.2. The molecule has 0 unspecified atom stereocenters. The highest BCUT2D eigenvalue weighted by molar-refractivity contribution is 6.19. The summed E-state index contributed by atoms with van der Waals surface area (Å²) in [5, 5.41) is 0. The van der Waals surface area contributed by atoms with Gasteiger partial charge in [0.05, 0.1) is 0 Å². The third kappa shape index (κ3) is 73.4. The molecular formula is CH5ClN2. The summed E-state index contributed by atoms with van der Waals surface area (Å²) in [6.45, 7) is 0. The minimum absolute atomic E-state index is 0.694. The number of hydrogen-bond donors (Lipinski definition) is 2. The topological polar surface area (TPSA) is 52.0 Å². The van der Waals surface area contributed by atoms with E-state index in [0.717, 1.165) is 0 Å². The summed E-state index contributed by atoms with van der Waals surface area (Å²) < 4.78 is 0. The average Bonchev–Trinajstić information content (AvgIpc) is 0.811. The maximum atomic E-state index is 4.83. The number of nitrogens with two attached hydrogens (primary N) is 2. The number of rotatable bonds is 0. The molecule has 0 amide bonds. The monoisotopic (exact) mass is 80.0 g/mol. The fraction of sp³-hybridized carbons (Fsp3) is 1.00. The molecule has 3 heteroatoms. The van der Waals surface area contributed by atoms with Crippen molar-refractivity contribution in [2.45, 2.75) is 5.62 Å². The van der Waals surface area contributed by atoms with Gasteiger partial charge in [0.2, 0.25) is 0 Å². The summed E-state index contributed by atoms with van der Waals surface area (Å²) in [5.74, 6) is 0. The summed E-state index contributed by atoms with van der Waals surface area (Å²) in [6.07, 6.45) is 0. The lowest BCUT2D eigenvalue weighted by Crippen LogP contribution is -2.22. The van der Waals surface area contributed by atoms with Gasteiger partial charge in [0.1, 0.15) is 5.62 Å². The van der Waals surface area contributed by atoms with Gasteiger partial charge in [-0.2, -0.15) is 0 Å². The zero-order valence-corrected chi connectivity index (χ0v) is 2.87. The van der Waals surface area contributed by atoms with Gasteiger partial charge in [-0.15, -0.1) is 0 Å². The van der Waals surface area contributed by atoms with Crippen molar-refractivity contribution >= 4 is 11.6 Å². The Balaban J connectivity index is 2.32. The second-order valence-corrected chi connectivity index (χ2v) is 0.948. The van der Waals surface area contributed by atoms with E-state index in [-0.39, 0.29) is 0 Å². The van der Waals surface area contributed by atoms with Crippen molar-refractivity contribution in [2.24, 2.45) is 11.5 Å². The molecule has 0 fully saturated rings. The molecule has 4 heavy (non-hydrogen) atoms. The summed E-state index contributed by atoms with van der Waals surface area (Å²) in [4.78, 5) is 0. The minimum atomic E-state index is -0.694. The van der Waals surface area contributed by atoms with Gasteiger partial charge < -0.3 is 11.5 Å². The number of alkyl halides is 1. The first-order valence-corrected chi connectivity index (χ1v) is 1.32. The molecule has 0 aromatic rings. The Hall–Kier alpha value is 0.210. The Kier molecular flexibility index (Phi) is 1.60. The molecule has 0 aliphatic carbocycles. The molecule has 0 spiro atoms. The second-order valence-electron chi connectivity index (χ2n) is 0.444. The van der Waals surface area contributed by atoms with Gasteiger partial charge in [0.25, 0.3) is 0 Å². The van der Waals surface area contributed by atoms with Crippen LogP contribution in [-0.4, -0.2) is 5.62 Å². The maximum absolute atomic E-state index is 4.83. The summed E-state index contributed by atoms with van der Waals surface area (Å²) >= 11 is 4.83. The van der Waals surface area contributed by atoms with Gasteiger partial charge in [-0.25, -0.2) is 0 Å². The number of hydrogen-bond acceptors (Lipinski definition) is 2. The molecular weight excluding hydrogens is 75.5 g/mol. The second kappa shape index (κ2) is 1.52. The first-order valence-electron chi connectivity index (χ1n) is 0.885. The van der Waals surface area contributed by atoms with Gasteiger partial charge >= 0.3 is 0 Å². The van der Waals surface area contributed by atoms with Crippen LogP contribution in [-0.2, 0) is 0 Å². The molecule has 4 N–H and O–H groups in total. The Morgan fingerprint density at radius 2 is 1.50 bits per heavy atom. The lowest BCUT2D eigenvalue weighted by molar-refractivity contribution is 0.974. The highest BCUT2D eigenvalue weighted by Crippen LogP contribution is 1.62. The van der Waals surface area contributed by atoms with E-state index in [1.165, 1.54) is 0 Å². The van der Waals surface area contributed by atoms with Crippen molar-refractivity contribution in [3.05, 3.63) is 0 Å². The predicted molar refractivity (Wildman–Crippen MR) is 18.0 cm³/mol. The van der Waals surface area contributed by atoms with E-state index in [1.54, 1.807) is 0 Å². The van der Waals surface area contributed by atoms with Crippen LogP contribution in [0.4, 0.5) is 0 Å². The van der Waals surface area contributed by atoms with E-state index in [4.69, 9.17) is 11.6 Å². The largest absolute Gasteiger partial charge is 0.303 e. The first kappa shape index (κ1) is 4.21. The smallest absolute Gasteiger partial charge is 0.130 e. The van der Waals surface area contributed by atoms with E-state index < -0.39 is 5.62 Å². The van der Waals surface area contributed by atoms with E-state index in [1.807, 2.05) is 0 Å². The fourth-order valence-corrected chi connectivity index (χ4v) is 0. The maximum Gasteiger partial charge on any atom is 0.130 e. The van der Waals surface area contributed by atoms with Crippen molar-refractivity contribution in [1.82, 2.24) is 0 Å². The van der Waals surface area contributed by atoms with Gasteiger partial charge in [-0.3, -0.25) is 0 Å². The van der Waals surface area contributed by atoms with Crippen LogP contribution in [0.25, 0.3) is 0 Å². The molecule has 0 bridgehead atoms. The molecule has 0 aromatic carbocycles. The van der Waals surface area contributed by atoms with Crippen molar-refractivity contribution in [3.63, 3.8) is 0 Å². The lowest BCUT2D eigenvalue weighted by Gasteiger charge is -1.79. The van der Waals surface area contributed by atoms with Crippen molar-refractivity contribution in [2.75, 3.05) is 0 Å². The van der Waals surface area contributed by atoms with Crippen LogP contribution in [0.5, 0.6) is 0 Å². The number of halogens is 1. The van der Waals surface area contributed by atoms with E-state index in [2.05, 4.69) is 11.5 Å². The van der Waals surface area contributed by atoms with Crippen LogP contribution in [0.3, 0.4) is 0 Å². The molecule has 0 saturated carbocycles. The first-order chi connectivity index (χ1) is 1.73. The predicted octanol–water partition coefficient (Wildman–Crippen LogP) is -0.574. The summed E-state index contributed by atoms with van der Waals surface area (Å²) in [6, 6.07) is 0. The molecule has 0 aliphatic rings. The summed E-state index contributed by atoms with van der Waals surface area (Å²) in [7, 11) is 0. The summed E-state index contributed by atoms with van der Waals surface area (Å²) in [5.41, 5.74) is 8.61. The highest BCUT2D eigenvalue weighted by Gasteiger charge is 1.69. The Morgan fingerprint density at radius 3 is 1.50 bits per heavy atom. The Labute approximate surface area is 29.7 Å². The van der Waals surface area contributed by atoms with Crippen LogP contribution in [0.1, 0.15) is 0 Å². The Bertz CT molecular complexity index is 10.8. The molecule has 0 aliphatic heterocycles. The van der Waals surface area contributed by atoms with Crippen molar-refractivity contribution in [3.8, 4) is 0 Å². The molecule has 0 atom stereocenters. The Morgan fingerprint density at radius 1 is 1.50 bits per heavy atom. The molecule has 0 radical (unpaired) electrons. The minimum Gasteiger partial charge on any atom is -0.303 e. The van der Waals surface area contributed by atoms with Gasteiger partial charge in [0, 0.05) is 0 Å². The van der Waals surface area contributed by atoms with Crippen molar-refractivity contribution < 1.29 is 0 Å². The average molecular weight is 80.5 g/mol. The van der Waals surface area contributed by atoms with Gasteiger partial charge in [0.15, 0.2) is 0 Å². The molecule has 2 nitrogen and oxygen atoms in total. The quantitative estimate of drug-likeness (QED) is 0.233. The van der Waals surface area contributed by atoms with Crippen molar-refractivity contribution in [1.29, 1.82) is 0 Å². The van der Waals surface area contributed by atoms with Crippen LogP contribution in [0.2, 0.25) is 0 Å². The molecule has 0 heterocycles. The molecule has 26 valence electrons. The fourth-order valence-electron chi connectivity index (χ4n) is 0. The van der Waals surface area contributed by atoms with Crippen LogP contribution in [0.15, 0.2) is 0 Å². The van der Waals surface area contributed by atoms with Crippen LogP contribution in [0, 0.1) is 0 Å². The zero-order valence-electron chi connectivity index (χ0n) is 2.11. The third-order valence-corrected chi connectivity index (χ3v) is 0. The molecule has 0 rings (SSSR count). The zero-order chi connectivity index (χ0) is 3.58. The standard InChI is InChI=1S/CH5ClN2/c2-1(3)4/h1H,3-4H2. The van der Waals surface area contributed by atoms with Gasteiger partial charge in [-0.05, 0) is 0 Å². The molecule has 0 aromatic heterocycles. The van der Waals surface area contributed by atoms with Crippen LogP contribution >= 0.6 is 11.6 Å². The SMILES string of the molecule is NC(N)Cl. The third-order valence-electron chi connectivity index (χ3n) is 0. The van der Waals surface area contributed by atoms with Crippen LogP contribution < -0.4 is 11.5 Å².